The van der Waals surface area contributed by atoms with Gasteiger partial charge < -0.3 is 10.6 Å². The van der Waals surface area contributed by atoms with Crippen LogP contribution in [-0.4, -0.2) is 30.6 Å². The first-order valence-corrected chi connectivity index (χ1v) is 6.88. The van der Waals surface area contributed by atoms with Crippen molar-refractivity contribution in [1.29, 1.82) is 0 Å². The average molecular weight is 382 g/mol. The zero-order valence-electron chi connectivity index (χ0n) is 11.5. The molecule has 0 fully saturated rings. The highest BCUT2D eigenvalue weighted by Gasteiger charge is 2.01. The number of nitrogens with one attached hydrogen (secondary N) is 2. The lowest BCUT2D eigenvalue weighted by Crippen LogP contribution is -2.41. The van der Waals surface area contributed by atoms with Crippen molar-refractivity contribution in [2.24, 2.45) is 4.99 Å². The fraction of sp³-hybridized carbons (Fsp3) is 0.667. The van der Waals surface area contributed by atoms with Crippen LogP contribution in [0.15, 0.2) is 10.4 Å². The van der Waals surface area contributed by atoms with Crippen molar-refractivity contribution >= 4 is 41.3 Å². The van der Waals surface area contributed by atoms with E-state index in [-0.39, 0.29) is 24.0 Å². The summed E-state index contributed by atoms with van der Waals surface area (Å²) in [6.45, 7) is 7.16. The number of hydrogen-bond donors (Lipinski definition) is 2. The van der Waals surface area contributed by atoms with Gasteiger partial charge in [-0.1, -0.05) is 0 Å². The zero-order chi connectivity index (χ0) is 12.7. The van der Waals surface area contributed by atoms with Gasteiger partial charge in [0.2, 0.25) is 0 Å². The molecule has 0 saturated carbocycles. The van der Waals surface area contributed by atoms with E-state index in [1.54, 1.807) is 18.4 Å². The Kier molecular flexibility index (Phi) is 9.35. The number of nitrogens with zero attached hydrogens (tertiary/aromatic N) is 2. The van der Waals surface area contributed by atoms with Crippen LogP contribution in [0.5, 0.6) is 0 Å². The third-order valence-electron chi connectivity index (χ3n) is 2.18. The summed E-state index contributed by atoms with van der Waals surface area (Å²) in [6, 6.07) is 0.405. The van der Waals surface area contributed by atoms with Gasteiger partial charge in [-0.3, -0.25) is 4.99 Å². The van der Waals surface area contributed by atoms with Crippen molar-refractivity contribution in [1.82, 2.24) is 15.6 Å². The minimum Gasteiger partial charge on any atom is -0.356 e. The van der Waals surface area contributed by atoms with Gasteiger partial charge in [0.15, 0.2) is 5.96 Å². The summed E-state index contributed by atoms with van der Waals surface area (Å²) < 4.78 is 0. The Morgan fingerprint density at radius 3 is 2.72 bits per heavy atom. The van der Waals surface area contributed by atoms with E-state index in [4.69, 9.17) is 0 Å². The minimum absolute atomic E-state index is 0. The van der Waals surface area contributed by atoms with Gasteiger partial charge in [0.05, 0.1) is 5.01 Å². The van der Waals surface area contributed by atoms with E-state index >= 15 is 0 Å². The normalized spacial score (nSPS) is 11.3. The highest BCUT2D eigenvalue weighted by Crippen LogP contribution is 2.10. The molecule has 0 amide bonds. The zero-order valence-corrected chi connectivity index (χ0v) is 14.6. The second-order valence-electron chi connectivity index (χ2n) is 4.28. The Hall–Kier alpha value is -0.370. The van der Waals surface area contributed by atoms with Crippen LogP contribution in [0, 0.1) is 6.92 Å². The smallest absolute Gasteiger partial charge is 0.191 e. The summed E-state index contributed by atoms with van der Waals surface area (Å²) in [6.07, 6.45) is 2.11. The summed E-state index contributed by atoms with van der Waals surface area (Å²) >= 11 is 1.74. The molecule has 1 heterocycles. The Labute approximate surface area is 131 Å². The third-order valence-corrected chi connectivity index (χ3v) is 3.20. The Balaban J connectivity index is 0.00000289. The van der Waals surface area contributed by atoms with Crippen LogP contribution in [0.1, 0.15) is 31.0 Å². The Morgan fingerprint density at radius 1 is 1.50 bits per heavy atom. The van der Waals surface area contributed by atoms with E-state index in [0.717, 1.165) is 31.0 Å². The SMILES string of the molecule is CN=C(NCCCc1nc(C)cs1)NC(C)C.I. The molecule has 6 heteroatoms. The maximum Gasteiger partial charge on any atom is 0.191 e. The van der Waals surface area contributed by atoms with Crippen molar-refractivity contribution in [3.8, 4) is 0 Å². The predicted octanol–water partition coefficient (Wildman–Crippen LogP) is 2.58. The van der Waals surface area contributed by atoms with Crippen LogP contribution in [0.2, 0.25) is 0 Å². The van der Waals surface area contributed by atoms with Gasteiger partial charge >= 0.3 is 0 Å². The summed E-state index contributed by atoms with van der Waals surface area (Å²) in [7, 11) is 1.79. The number of halogens is 1. The Bertz CT molecular complexity index is 363. The second-order valence-corrected chi connectivity index (χ2v) is 5.23. The number of rotatable bonds is 5. The molecule has 0 atom stereocenters. The number of thiazole rings is 1. The average Bonchev–Trinajstić information content (AvgIpc) is 2.68. The summed E-state index contributed by atoms with van der Waals surface area (Å²) in [5, 5.41) is 9.87. The molecule has 0 spiro atoms. The minimum atomic E-state index is 0. The summed E-state index contributed by atoms with van der Waals surface area (Å²) in [5.41, 5.74) is 1.12. The Morgan fingerprint density at radius 2 is 2.22 bits per heavy atom. The largest absolute Gasteiger partial charge is 0.356 e. The van der Waals surface area contributed by atoms with Gasteiger partial charge in [0.1, 0.15) is 0 Å². The van der Waals surface area contributed by atoms with E-state index in [2.05, 4.69) is 39.8 Å². The lowest BCUT2D eigenvalue weighted by molar-refractivity contribution is 0.684. The molecule has 1 aromatic rings. The fourth-order valence-electron chi connectivity index (χ4n) is 1.43. The maximum absolute atomic E-state index is 4.44. The van der Waals surface area contributed by atoms with Crippen molar-refractivity contribution in [2.75, 3.05) is 13.6 Å². The van der Waals surface area contributed by atoms with E-state index in [1.165, 1.54) is 5.01 Å². The fourth-order valence-corrected chi connectivity index (χ4v) is 2.25. The van der Waals surface area contributed by atoms with E-state index in [1.807, 2.05) is 6.92 Å². The molecule has 0 radical (unpaired) electrons. The number of aryl methyl sites for hydroxylation is 2. The van der Waals surface area contributed by atoms with Crippen LogP contribution in [0.4, 0.5) is 0 Å². The van der Waals surface area contributed by atoms with Gasteiger partial charge in [-0.2, -0.15) is 0 Å². The standard InChI is InChI=1S/C12H22N4S.HI/c1-9(2)15-12(13-4)14-7-5-6-11-16-10(3)8-17-11;/h8-9H,5-7H2,1-4H3,(H2,13,14,15);1H. The van der Waals surface area contributed by atoms with E-state index in [9.17, 15) is 0 Å². The molecule has 2 N–H and O–H groups in total. The molecule has 0 aliphatic heterocycles. The van der Waals surface area contributed by atoms with Gasteiger partial charge in [0, 0.05) is 37.1 Å². The highest BCUT2D eigenvalue weighted by molar-refractivity contribution is 14.0. The van der Waals surface area contributed by atoms with E-state index in [0.29, 0.717) is 6.04 Å². The van der Waals surface area contributed by atoms with Crippen LogP contribution < -0.4 is 10.6 Å². The van der Waals surface area contributed by atoms with Gasteiger partial charge in [-0.15, -0.1) is 35.3 Å². The van der Waals surface area contributed by atoms with Crippen molar-refractivity contribution in [3.05, 3.63) is 16.1 Å². The van der Waals surface area contributed by atoms with E-state index < -0.39 is 0 Å². The number of guanidine groups is 1. The van der Waals surface area contributed by atoms with Crippen molar-refractivity contribution < 1.29 is 0 Å². The van der Waals surface area contributed by atoms with Gasteiger partial charge in [-0.05, 0) is 27.2 Å². The molecule has 0 aliphatic carbocycles. The van der Waals surface area contributed by atoms with Crippen LogP contribution >= 0.6 is 35.3 Å². The molecular weight excluding hydrogens is 359 g/mol. The molecule has 18 heavy (non-hydrogen) atoms. The predicted molar refractivity (Wildman–Crippen MR) is 90.2 cm³/mol. The monoisotopic (exact) mass is 382 g/mol. The number of aromatic nitrogens is 1. The molecule has 4 nitrogen and oxygen atoms in total. The van der Waals surface area contributed by atoms with Crippen molar-refractivity contribution in [2.45, 2.75) is 39.7 Å². The number of aliphatic imine (C=N–C) groups is 1. The van der Waals surface area contributed by atoms with Crippen LogP contribution in [-0.2, 0) is 6.42 Å². The first-order chi connectivity index (χ1) is 8.11. The highest BCUT2D eigenvalue weighted by atomic mass is 127. The molecule has 1 rings (SSSR count). The molecule has 0 saturated heterocycles. The molecule has 104 valence electrons. The molecular formula is C12H23IN4S. The first-order valence-electron chi connectivity index (χ1n) is 6.00. The summed E-state index contributed by atoms with van der Waals surface area (Å²) in [4.78, 5) is 8.60. The second kappa shape index (κ2) is 9.55. The molecule has 0 aromatic carbocycles. The molecule has 0 bridgehead atoms. The third kappa shape index (κ3) is 7.15. The molecule has 0 unspecified atom stereocenters. The lowest BCUT2D eigenvalue weighted by atomic mass is 10.3. The number of hydrogen-bond acceptors (Lipinski definition) is 3. The maximum atomic E-state index is 4.44. The van der Waals surface area contributed by atoms with Gasteiger partial charge in [-0.25, -0.2) is 4.98 Å². The first kappa shape index (κ1) is 17.6. The quantitative estimate of drug-likeness (QED) is 0.356. The van der Waals surface area contributed by atoms with Gasteiger partial charge in [0.25, 0.3) is 0 Å². The van der Waals surface area contributed by atoms with Crippen molar-refractivity contribution in [3.63, 3.8) is 0 Å². The topological polar surface area (TPSA) is 49.3 Å². The van der Waals surface area contributed by atoms with Crippen LogP contribution in [0.3, 0.4) is 0 Å². The lowest BCUT2D eigenvalue weighted by Gasteiger charge is -2.13. The molecule has 0 aliphatic rings. The summed E-state index contributed by atoms with van der Waals surface area (Å²) in [5.74, 6) is 0.871. The van der Waals surface area contributed by atoms with Crippen LogP contribution in [0.25, 0.3) is 0 Å². The molecule has 1 aromatic heterocycles.